The van der Waals surface area contributed by atoms with Gasteiger partial charge in [-0.3, -0.25) is 0 Å². The molecule has 0 bridgehead atoms. The van der Waals surface area contributed by atoms with Crippen molar-refractivity contribution in [1.29, 1.82) is 0 Å². The van der Waals surface area contributed by atoms with E-state index in [-0.39, 0.29) is 11.8 Å². The Morgan fingerprint density at radius 2 is 1.45 bits per heavy atom. The van der Waals surface area contributed by atoms with Gasteiger partial charge in [-0.25, -0.2) is 18.4 Å². The van der Waals surface area contributed by atoms with E-state index in [1.54, 1.807) is 36.4 Å². The fourth-order valence-electron chi connectivity index (χ4n) is 2.24. The smallest absolute Gasteiger partial charge is 0.381 e. The van der Waals surface area contributed by atoms with Crippen molar-refractivity contribution < 1.29 is 54.2 Å². The molecule has 0 aliphatic rings. The van der Waals surface area contributed by atoms with Gasteiger partial charge in [-0.2, -0.15) is 26.3 Å². The molecule has 0 amide bonds. The van der Waals surface area contributed by atoms with Gasteiger partial charge in [0.15, 0.2) is 6.61 Å². The summed E-state index contributed by atoms with van der Waals surface area (Å²) in [6.45, 7) is -2.64. The molecule has 2 rings (SSSR count). The second-order valence-electron chi connectivity index (χ2n) is 6.04. The summed E-state index contributed by atoms with van der Waals surface area (Å²) in [5.41, 5.74) is 0. The fraction of sp³-hybridized carbons (Fsp3) is 0.263. The Kier molecular flexibility index (Phi) is 6.92. The molecule has 168 valence electrons. The molecule has 0 N–H and O–H groups in total. The average Bonchev–Trinajstić information content (AvgIpc) is 2.70. The van der Waals surface area contributed by atoms with Gasteiger partial charge >= 0.3 is 36.1 Å². The maximum Gasteiger partial charge on any atom is 0.381 e. The van der Waals surface area contributed by atoms with Crippen molar-refractivity contribution in [2.45, 2.75) is 24.2 Å². The molecule has 0 aromatic heterocycles. The van der Waals surface area contributed by atoms with Crippen LogP contribution in [-0.4, -0.2) is 42.7 Å². The Morgan fingerprint density at radius 1 is 0.871 bits per heavy atom. The van der Waals surface area contributed by atoms with Crippen molar-refractivity contribution >= 4 is 22.7 Å². The minimum Gasteiger partial charge on any atom is -0.456 e. The van der Waals surface area contributed by atoms with Gasteiger partial charge in [0.2, 0.25) is 0 Å². The van der Waals surface area contributed by atoms with Crippen LogP contribution in [0.15, 0.2) is 54.6 Å². The summed E-state index contributed by atoms with van der Waals surface area (Å²) in [6.07, 6.45) is -4.46. The summed E-state index contributed by atoms with van der Waals surface area (Å²) in [7, 11) is 0. The molecule has 0 aliphatic heterocycles. The second-order valence-corrected chi connectivity index (χ2v) is 6.04. The number of hydrogen-bond acceptors (Lipinski definition) is 4. The Bertz CT molecular complexity index is 983. The molecule has 0 radical (unpaired) electrons. The van der Waals surface area contributed by atoms with Crippen LogP contribution in [0.5, 0.6) is 5.75 Å². The lowest BCUT2D eigenvalue weighted by molar-refractivity contribution is -0.344. The Hall–Kier alpha value is -3.18. The molecule has 0 saturated carbocycles. The van der Waals surface area contributed by atoms with Crippen LogP contribution >= 0.6 is 0 Å². The van der Waals surface area contributed by atoms with E-state index < -0.39 is 42.7 Å². The number of rotatable bonds is 8. The number of esters is 2. The lowest BCUT2D eigenvalue weighted by Crippen LogP contribution is -2.59. The normalized spacial score (nSPS) is 13.1. The molecular formula is C19H12F8O4. The summed E-state index contributed by atoms with van der Waals surface area (Å²) >= 11 is 0. The lowest BCUT2D eigenvalue weighted by Gasteiger charge is -2.31. The van der Waals surface area contributed by atoms with Crippen LogP contribution in [0.4, 0.5) is 35.1 Å². The molecule has 4 nitrogen and oxygen atoms in total. The quantitative estimate of drug-likeness (QED) is 0.243. The van der Waals surface area contributed by atoms with Crippen LogP contribution < -0.4 is 4.74 Å². The third-order valence-corrected chi connectivity index (χ3v) is 3.86. The number of benzene rings is 2. The van der Waals surface area contributed by atoms with Gasteiger partial charge in [0.05, 0.1) is 0 Å². The molecule has 0 unspecified atom stereocenters. The van der Waals surface area contributed by atoms with Gasteiger partial charge < -0.3 is 9.47 Å². The van der Waals surface area contributed by atoms with Crippen molar-refractivity contribution in [2.24, 2.45) is 0 Å². The van der Waals surface area contributed by atoms with Crippen LogP contribution in [-0.2, 0) is 14.3 Å². The summed E-state index contributed by atoms with van der Waals surface area (Å²) < 4.78 is 111. The van der Waals surface area contributed by atoms with E-state index in [0.717, 1.165) is 0 Å². The number of ether oxygens (including phenoxy) is 2. The van der Waals surface area contributed by atoms with Gasteiger partial charge in [0, 0.05) is 17.5 Å². The highest BCUT2D eigenvalue weighted by Crippen LogP contribution is 2.48. The summed E-state index contributed by atoms with van der Waals surface area (Å²) in [5, 5.41) is 1.23. The van der Waals surface area contributed by atoms with E-state index in [9.17, 15) is 44.7 Å². The van der Waals surface area contributed by atoms with Gasteiger partial charge in [-0.1, -0.05) is 36.4 Å². The Morgan fingerprint density at radius 3 is 2.10 bits per heavy atom. The minimum atomic E-state index is -6.51. The molecule has 0 heterocycles. The highest BCUT2D eigenvalue weighted by molar-refractivity contribution is 5.95. The van der Waals surface area contributed by atoms with E-state index in [1.807, 2.05) is 0 Å². The van der Waals surface area contributed by atoms with Crippen molar-refractivity contribution in [2.75, 3.05) is 6.61 Å². The second kappa shape index (κ2) is 8.90. The zero-order valence-electron chi connectivity index (χ0n) is 15.1. The first kappa shape index (κ1) is 24.1. The van der Waals surface area contributed by atoms with Crippen LogP contribution in [0.3, 0.4) is 0 Å². The van der Waals surface area contributed by atoms with Gasteiger partial charge in [0.1, 0.15) is 5.75 Å². The zero-order valence-corrected chi connectivity index (χ0v) is 15.1. The van der Waals surface area contributed by atoms with Gasteiger partial charge in [0.25, 0.3) is 0 Å². The summed E-state index contributed by atoms with van der Waals surface area (Å²) in [5.74, 6) is -21.6. The highest BCUT2D eigenvalue weighted by atomic mass is 19.4. The summed E-state index contributed by atoms with van der Waals surface area (Å²) in [4.78, 5) is 23.1. The lowest BCUT2D eigenvalue weighted by atomic mass is 10.1. The van der Waals surface area contributed by atoms with E-state index in [2.05, 4.69) is 4.74 Å². The molecule has 31 heavy (non-hydrogen) atoms. The first-order valence-electron chi connectivity index (χ1n) is 8.25. The van der Waals surface area contributed by atoms with E-state index in [0.29, 0.717) is 16.8 Å². The number of carbonyl (C=O) groups excluding carboxylic acids is 2. The maximum absolute atomic E-state index is 13.3. The van der Waals surface area contributed by atoms with Crippen molar-refractivity contribution in [3.8, 4) is 5.75 Å². The first-order chi connectivity index (χ1) is 14.3. The molecule has 2 aromatic rings. The number of alkyl halides is 8. The molecule has 0 aliphatic carbocycles. The largest absolute Gasteiger partial charge is 0.456 e. The van der Waals surface area contributed by atoms with E-state index in [1.165, 1.54) is 6.07 Å². The molecule has 12 heteroatoms. The molecule has 0 spiro atoms. The summed E-state index contributed by atoms with van der Waals surface area (Å²) in [6, 6.07) is 11.4. The van der Waals surface area contributed by atoms with Crippen LogP contribution in [0.1, 0.15) is 0 Å². The van der Waals surface area contributed by atoms with Crippen LogP contribution in [0.2, 0.25) is 0 Å². The van der Waals surface area contributed by atoms with Crippen LogP contribution in [0.25, 0.3) is 10.8 Å². The van der Waals surface area contributed by atoms with E-state index >= 15 is 0 Å². The van der Waals surface area contributed by atoms with Gasteiger partial charge in [-0.05, 0) is 11.5 Å². The van der Waals surface area contributed by atoms with Crippen molar-refractivity contribution in [3.05, 3.63) is 54.6 Å². The monoisotopic (exact) mass is 456 g/mol. The SMILES string of the molecule is O=C(/C=C/C(=O)Oc1cccc2ccccc12)OCC(F)(F)C(F)(F)C(F)(F)C(F)F. The number of carbonyl (C=O) groups is 2. The minimum absolute atomic E-state index is 0.0847. The Labute approximate surface area is 169 Å². The predicted molar refractivity (Wildman–Crippen MR) is 90.5 cm³/mol. The molecule has 0 atom stereocenters. The third-order valence-electron chi connectivity index (χ3n) is 3.86. The predicted octanol–water partition coefficient (Wildman–Crippen LogP) is 5.02. The third kappa shape index (κ3) is 5.12. The molecule has 0 fully saturated rings. The van der Waals surface area contributed by atoms with Gasteiger partial charge in [-0.15, -0.1) is 0 Å². The Balaban J connectivity index is 1.99. The molecular weight excluding hydrogens is 444 g/mol. The fourth-order valence-corrected chi connectivity index (χ4v) is 2.24. The van der Waals surface area contributed by atoms with E-state index in [4.69, 9.17) is 4.74 Å². The van der Waals surface area contributed by atoms with Crippen molar-refractivity contribution in [1.82, 2.24) is 0 Å². The topological polar surface area (TPSA) is 52.6 Å². The maximum atomic E-state index is 13.3. The number of fused-ring (bicyclic) bond motifs is 1. The van der Waals surface area contributed by atoms with Crippen LogP contribution in [0, 0.1) is 0 Å². The standard InChI is InChI=1S/C19H12F8O4/c20-16(21)18(24,25)19(26,27)17(22,23)10-30-14(28)8-9-15(29)31-13-7-3-5-11-4-1-2-6-12(11)13/h1-9,16H,10H2/b9-8+. The van der Waals surface area contributed by atoms with Crippen molar-refractivity contribution in [3.63, 3.8) is 0 Å². The average molecular weight is 456 g/mol. The molecule has 2 aromatic carbocycles. The number of hydrogen-bond donors (Lipinski definition) is 0. The highest BCUT2D eigenvalue weighted by Gasteiger charge is 2.75. The zero-order chi connectivity index (χ0) is 23.4. The number of halogens is 8. The molecule has 0 saturated heterocycles. The first-order valence-corrected chi connectivity index (χ1v) is 8.25.